The van der Waals surface area contributed by atoms with Crippen LogP contribution < -0.4 is 5.32 Å². The predicted octanol–water partition coefficient (Wildman–Crippen LogP) is 3.29. The fourth-order valence-corrected chi connectivity index (χ4v) is 2.28. The molecule has 0 radical (unpaired) electrons. The molecular formula is C15H16F2N4O3. The van der Waals surface area contributed by atoms with E-state index < -0.39 is 35.2 Å². The molecule has 0 bridgehead atoms. The maximum absolute atomic E-state index is 12.9. The number of nitro groups is 1. The normalized spacial score (nSPS) is 10.9. The number of rotatable bonds is 5. The minimum absolute atomic E-state index is 0.0913. The van der Waals surface area contributed by atoms with E-state index in [2.05, 4.69) is 10.4 Å². The van der Waals surface area contributed by atoms with Gasteiger partial charge < -0.3 is 5.32 Å². The van der Waals surface area contributed by atoms with Crippen LogP contribution in [0.3, 0.4) is 0 Å². The van der Waals surface area contributed by atoms with Crippen LogP contribution in [-0.2, 0) is 11.3 Å². The Hall–Kier alpha value is -2.84. The van der Waals surface area contributed by atoms with Gasteiger partial charge in [0.1, 0.15) is 12.2 Å². The quantitative estimate of drug-likeness (QED) is 0.669. The van der Waals surface area contributed by atoms with Crippen molar-refractivity contribution in [1.29, 1.82) is 0 Å². The zero-order valence-corrected chi connectivity index (χ0v) is 13.3. The second-order valence-electron chi connectivity index (χ2n) is 5.40. The summed E-state index contributed by atoms with van der Waals surface area (Å²) in [4.78, 5) is 22.2. The highest BCUT2D eigenvalue weighted by Crippen LogP contribution is 2.30. The maximum atomic E-state index is 12.9. The highest BCUT2D eigenvalue weighted by atomic mass is 19.3. The van der Waals surface area contributed by atoms with E-state index in [-0.39, 0.29) is 5.69 Å². The second-order valence-corrected chi connectivity index (χ2v) is 5.40. The lowest BCUT2D eigenvalue weighted by atomic mass is 10.1. The Kier molecular flexibility index (Phi) is 4.91. The fourth-order valence-electron chi connectivity index (χ4n) is 2.28. The van der Waals surface area contributed by atoms with Crippen LogP contribution in [0.15, 0.2) is 18.2 Å². The number of carbonyl (C=O) groups excluding carboxylic acids is 1. The molecule has 1 aromatic heterocycles. The molecule has 128 valence electrons. The Balaban J connectivity index is 2.25. The number of benzene rings is 1. The number of alkyl halides is 2. The van der Waals surface area contributed by atoms with E-state index >= 15 is 0 Å². The summed E-state index contributed by atoms with van der Waals surface area (Å²) in [6.07, 6.45) is -3.09. The maximum Gasteiger partial charge on any atom is 0.319 e. The summed E-state index contributed by atoms with van der Waals surface area (Å²) in [6, 6.07) is 5.50. The number of nitrogens with one attached hydrogen (secondary N) is 1. The van der Waals surface area contributed by atoms with E-state index in [0.29, 0.717) is 5.69 Å². The predicted molar refractivity (Wildman–Crippen MR) is 83.1 cm³/mol. The van der Waals surface area contributed by atoms with Gasteiger partial charge in [0.15, 0.2) is 0 Å². The third-order valence-corrected chi connectivity index (χ3v) is 3.55. The van der Waals surface area contributed by atoms with Gasteiger partial charge in [-0.05, 0) is 38.0 Å². The summed E-state index contributed by atoms with van der Waals surface area (Å²) >= 11 is 0. The summed E-state index contributed by atoms with van der Waals surface area (Å²) in [7, 11) is 0. The highest BCUT2D eigenvalue weighted by molar-refractivity contribution is 5.91. The van der Waals surface area contributed by atoms with Crippen LogP contribution in [0.5, 0.6) is 0 Å². The van der Waals surface area contributed by atoms with Crippen molar-refractivity contribution in [2.45, 2.75) is 33.7 Å². The van der Waals surface area contributed by atoms with Crippen LogP contribution >= 0.6 is 0 Å². The Morgan fingerprint density at radius 1 is 1.38 bits per heavy atom. The number of halogens is 2. The van der Waals surface area contributed by atoms with Crippen molar-refractivity contribution in [3.05, 3.63) is 50.8 Å². The number of carbonyl (C=O) groups is 1. The Morgan fingerprint density at radius 2 is 2.04 bits per heavy atom. The van der Waals surface area contributed by atoms with Gasteiger partial charge in [-0.1, -0.05) is 12.1 Å². The minimum Gasteiger partial charge on any atom is -0.324 e. The summed E-state index contributed by atoms with van der Waals surface area (Å²) in [6.45, 7) is 4.56. The van der Waals surface area contributed by atoms with Crippen molar-refractivity contribution in [2.24, 2.45) is 0 Å². The Bertz CT molecular complexity index is 802. The monoisotopic (exact) mass is 338 g/mol. The molecule has 1 heterocycles. The molecule has 0 saturated heterocycles. The molecule has 0 aliphatic carbocycles. The molecule has 0 unspecified atom stereocenters. The minimum atomic E-state index is -3.09. The first-order chi connectivity index (χ1) is 11.2. The van der Waals surface area contributed by atoms with E-state index in [1.807, 2.05) is 26.0 Å². The highest BCUT2D eigenvalue weighted by Gasteiger charge is 2.31. The van der Waals surface area contributed by atoms with Gasteiger partial charge >= 0.3 is 5.69 Å². The van der Waals surface area contributed by atoms with Gasteiger partial charge in [-0.25, -0.2) is 8.78 Å². The molecule has 0 aliphatic heterocycles. The van der Waals surface area contributed by atoms with Crippen molar-refractivity contribution in [3.63, 3.8) is 0 Å². The third kappa shape index (κ3) is 3.55. The van der Waals surface area contributed by atoms with E-state index in [4.69, 9.17) is 0 Å². The smallest absolute Gasteiger partial charge is 0.319 e. The fraction of sp³-hybridized carbons (Fsp3) is 0.333. The van der Waals surface area contributed by atoms with Crippen LogP contribution in [-0.4, -0.2) is 20.6 Å². The van der Waals surface area contributed by atoms with E-state index in [1.54, 1.807) is 6.07 Å². The standard InChI is InChI=1S/C15H16F2N4O3/c1-8-4-5-9(2)11(6-8)18-12(22)7-20-10(3)14(21(23)24)13(19-20)15(16)17/h4-6,15H,7H2,1-3H3,(H,18,22). The molecule has 7 nitrogen and oxygen atoms in total. The first kappa shape index (κ1) is 17.5. The molecule has 0 saturated carbocycles. The van der Waals surface area contributed by atoms with E-state index in [1.165, 1.54) is 6.92 Å². The lowest BCUT2D eigenvalue weighted by Crippen LogP contribution is -2.21. The number of aryl methyl sites for hydroxylation is 2. The zero-order valence-electron chi connectivity index (χ0n) is 13.3. The lowest BCUT2D eigenvalue weighted by Gasteiger charge is -2.10. The van der Waals surface area contributed by atoms with Crippen molar-refractivity contribution in [3.8, 4) is 0 Å². The number of aromatic nitrogens is 2. The molecule has 1 aromatic carbocycles. The van der Waals surface area contributed by atoms with Crippen molar-refractivity contribution >= 4 is 17.3 Å². The topological polar surface area (TPSA) is 90.1 Å². The third-order valence-electron chi connectivity index (χ3n) is 3.55. The first-order valence-corrected chi connectivity index (χ1v) is 7.07. The number of anilines is 1. The molecular weight excluding hydrogens is 322 g/mol. The molecule has 24 heavy (non-hydrogen) atoms. The average molecular weight is 338 g/mol. The van der Waals surface area contributed by atoms with Crippen molar-refractivity contribution in [1.82, 2.24) is 9.78 Å². The van der Waals surface area contributed by atoms with Crippen LogP contribution in [0.1, 0.15) is 28.9 Å². The molecule has 2 aromatic rings. The van der Waals surface area contributed by atoms with Gasteiger partial charge in [0.05, 0.1) is 4.92 Å². The number of hydrogen-bond donors (Lipinski definition) is 1. The van der Waals surface area contributed by atoms with E-state index in [9.17, 15) is 23.7 Å². The number of nitrogens with zero attached hydrogens (tertiary/aromatic N) is 3. The summed E-state index contributed by atoms with van der Waals surface area (Å²) < 4.78 is 26.7. The molecule has 0 atom stereocenters. The van der Waals surface area contributed by atoms with Gasteiger partial charge in [0.2, 0.25) is 11.6 Å². The van der Waals surface area contributed by atoms with Gasteiger partial charge in [-0.2, -0.15) is 5.10 Å². The zero-order chi connectivity index (χ0) is 18.0. The number of amides is 1. The first-order valence-electron chi connectivity index (χ1n) is 7.07. The van der Waals surface area contributed by atoms with Crippen LogP contribution in [0.2, 0.25) is 0 Å². The number of hydrogen-bond acceptors (Lipinski definition) is 4. The van der Waals surface area contributed by atoms with Gasteiger partial charge in [-0.15, -0.1) is 0 Å². The summed E-state index contributed by atoms with van der Waals surface area (Å²) in [5, 5.41) is 17.1. The van der Waals surface area contributed by atoms with Crippen molar-refractivity contribution < 1.29 is 18.5 Å². The largest absolute Gasteiger partial charge is 0.324 e. The SMILES string of the molecule is Cc1ccc(C)c(NC(=O)Cn2nc(C(F)F)c([N+](=O)[O-])c2C)c1. The van der Waals surface area contributed by atoms with Gasteiger partial charge in [-0.3, -0.25) is 19.6 Å². The molecule has 1 amide bonds. The molecule has 9 heteroatoms. The second kappa shape index (κ2) is 6.73. The lowest BCUT2D eigenvalue weighted by molar-refractivity contribution is -0.386. The van der Waals surface area contributed by atoms with Gasteiger partial charge in [0, 0.05) is 5.69 Å². The molecule has 0 aliphatic rings. The van der Waals surface area contributed by atoms with Crippen LogP contribution in [0.4, 0.5) is 20.2 Å². The average Bonchev–Trinajstić information content (AvgIpc) is 2.80. The molecule has 0 spiro atoms. The van der Waals surface area contributed by atoms with E-state index in [0.717, 1.165) is 15.8 Å². The Labute approximate surface area is 136 Å². The van der Waals surface area contributed by atoms with Crippen molar-refractivity contribution in [2.75, 3.05) is 5.32 Å². The summed E-state index contributed by atoms with van der Waals surface area (Å²) in [5.74, 6) is -0.509. The van der Waals surface area contributed by atoms with Crippen LogP contribution in [0, 0.1) is 30.9 Å². The molecule has 1 N–H and O–H groups in total. The Morgan fingerprint density at radius 3 is 2.58 bits per heavy atom. The summed E-state index contributed by atoms with van der Waals surface area (Å²) in [5.41, 5.74) is 0.591. The van der Waals surface area contributed by atoms with Gasteiger partial charge in [0.25, 0.3) is 6.43 Å². The van der Waals surface area contributed by atoms with Crippen LogP contribution in [0.25, 0.3) is 0 Å². The molecule has 2 rings (SSSR count). The molecule has 0 fully saturated rings.